The van der Waals surface area contributed by atoms with Gasteiger partial charge in [0.1, 0.15) is 0 Å². The molecule has 0 bridgehead atoms. The molecule has 1 amide bonds. The lowest BCUT2D eigenvalue weighted by Gasteiger charge is -2.19. The van der Waals surface area contributed by atoms with E-state index in [1.165, 1.54) is 0 Å². The second-order valence-corrected chi connectivity index (χ2v) is 5.92. The van der Waals surface area contributed by atoms with Crippen molar-refractivity contribution < 1.29 is 24.2 Å². The second kappa shape index (κ2) is 10.1. The molecule has 0 aliphatic carbocycles. The summed E-state index contributed by atoms with van der Waals surface area (Å²) in [6, 6.07) is 9.12. The molecule has 2 N–H and O–H groups in total. The molecule has 2 atom stereocenters. The maximum absolute atomic E-state index is 12.1. The van der Waals surface area contributed by atoms with E-state index in [1.807, 2.05) is 30.3 Å². The first-order chi connectivity index (χ1) is 11.6. The van der Waals surface area contributed by atoms with Crippen LogP contribution < -0.4 is 5.32 Å². The summed E-state index contributed by atoms with van der Waals surface area (Å²) >= 11 is 0. The van der Waals surface area contributed by atoms with Gasteiger partial charge in [-0.05, 0) is 24.8 Å². The molecule has 1 saturated heterocycles. The Morgan fingerprint density at radius 1 is 1.29 bits per heavy atom. The van der Waals surface area contributed by atoms with E-state index in [4.69, 9.17) is 14.6 Å². The van der Waals surface area contributed by atoms with Gasteiger partial charge in [-0.25, -0.2) is 0 Å². The second-order valence-electron chi connectivity index (χ2n) is 5.92. The Bertz CT molecular complexity index is 513. The minimum absolute atomic E-state index is 0.00929. The molecule has 2 rings (SSSR count). The number of nitrogens with one attached hydrogen (secondary N) is 1. The van der Waals surface area contributed by atoms with Gasteiger partial charge in [0.25, 0.3) is 0 Å². The zero-order chi connectivity index (χ0) is 17.2. The Hall–Kier alpha value is -1.92. The summed E-state index contributed by atoms with van der Waals surface area (Å²) in [4.78, 5) is 22.9. The van der Waals surface area contributed by atoms with E-state index in [-0.39, 0.29) is 30.9 Å². The van der Waals surface area contributed by atoms with Crippen LogP contribution in [-0.2, 0) is 19.1 Å². The number of carboxylic acids is 1. The molecule has 1 aliphatic rings. The van der Waals surface area contributed by atoms with E-state index in [0.717, 1.165) is 25.0 Å². The van der Waals surface area contributed by atoms with Crippen molar-refractivity contribution in [2.75, 3.05) is 19.8 Å². The van der Waals surface area contributed by atoms with Gasteiger partial charge in [-0.1, -0.05) is 30.3 Å². The third kappa shape index (κ3) is 6.68. The SMILES string of the molecule is O=C(O)CCC(NC(=O)CCOCC1CCCO1)c1ccccc1. The van der Waals surface area contributed by atoms with Crippen LogP contribution in [0.25, 0.3) is 0 Å². The number of benzene rings is 1. The molecule has 0 saturated carbocycles. The van der Waals surface area contributed by atoms with Crippen molar-refractivity contribution in [3.63, 3.8) is 0 Å². The lowest BCUT2D eigenvalue weighted by molar-refractivity contribution is -0.137. The van der Waals surface area contributed by atoms with Crippen LogP contribution in [0.2, 0.25) is 0 Å². The Labute approximate surface area is 142 Å². The molecule has 1 aromatic rings. The van der Waals surface area contributed by atoms with Crippen LogP contribution in [0.5, 0.6) is 0 Å². The number of carbonyl (C=O) groups excluding carboxylic acids is 1. The van der Waals surface area contributed by atoms with Crippen molar-refractivity contribution in [1.82, 2.24) is 5.32 Å². The summed E-state index contributed by atoms with van der Waals surface area (Å²) < 4.78 is 10.9. The highest BCUT2D eigenvalue weighted by Crippen LogP contribution is 2.18. The van der Waals surface area contributed by atoms with E-state index in [9.17, 15) is 9.59 Å². The maximum atomic E-state index is 12.1. The molecular formula is C18H25NO5. The molecule has 0 aromatic heterocycles. The average Bonchev–Trinajstić information content (AvgIpc) is 3.09. The standard InChI is InChI=1S/C18H25NO5/c20-17(10-12-23-13-15-7-4-11-24-15)19-16(8-9-18(21)22)14-5-2-1-3-6-14/h1-3,5-6,15-16H,4,7-13H2,(H,19,20)(H,21,22). The van der Waals surface area contributed by atoms with E-state index in [2.05, 4.69) is 5.32 Å². The summed E-state index contributed by atoms with van der Waals surface area (Å²) in [6.07, 6.45) is 2.86. The highest BCUT2D eigenvalue weighted by atomic mass is 16.5. The number of hydrogen-bond donors (Lipinski definition) is 2. The number of carbonyl (C=O) groups is 2. The van der Waals surface area contributed by atoms with Crippen LogP contribution in [0, 0.1) is 0 Å². The summed E-state index contributed by atoms with van der Waals surface area (Å²) in [7, 11) is 0. The monoisotopic (exact) mass is 335 g/mol. The summed E-state index contributed by atoms with van der Waals surface area (Å²) in [6.45, 7) is 1.65. The quantitative estimate of drug-likeness (QED) is 0.641. The number of hydrogen-bond acceptors (Lipinski definition) is 4. The molecule has 132 valence electrons. The van der Waals surface area contributed by atoms with Crippen LogP contribution in [0.3, 0.4) is 0 Å². The molecule has 1 heterocycles. The van der Waals surface area contributed by atoms with Crippen LogP contribution >= 0.6 is 0 Å². The van der Waals surface area contributed by atoms with Crippen molar-refractivity contribution in [2.45, 2.75) is 44.2 Å². The number of rotatable bonds is 10. The summed E-state index contributed by atoms with van der Waals surface area (Å²) in [5.74, 6) is -1.01. The highest BCUT2D eigenvalue weighted by molar-refractivity contribution is 5.76. The molecule has 2 unspecified atom stereocenters. The van der Waals surface area contributed by atoms with Crippen molar-refractivity contribution in [1.29, 1.82) is 0 Å². The third-order valence-corrected chi connectivity index (χ3v) is 3.99. The molecule has 1 aliphatic heterocycles. The van der Waals surface area contributed by atoms with E-state index < -0.39 is 5.97 Å². The summed E-state index contributed by atoms with van der Waals surface area (Å²) in [5.41, 5.74) is 0.910. The lowest BCUT2D eigenvalue weighted by Crippen LogP contribution is -2.30. The fourth-order valence-electron chi connectivity index (χ4n) is 2.70. The van der Waals surface area contributed by atoms with Gasteiger partial charge < -0.3 is 19.9 Å². The van der Waals surface area contributed by atoms with Gasteiger partial charge in [-0.3, -0.25) is 9.59 Å². The minimum atomic E-state index is -0.870. The van der Waals surface area contributed by atoms with Gasteiger partial charge >= 0.3 is 5.97 Å². The predicted molar refractivity (Wildman–Crippen MR) is 88.6 cm³/mol. The van der Waals surface area contributed by atoms with Crippen molar-refractivity contribution in [3.8, 4) is 0 Å². The first-order valence-corrected chi connectivity index (χ1v) is 8.40. The van der Waals surface area contributed by atoms with Gasteiger partial charge in [0.2, 0.25) is 5.91 Å². The van der Waals surface area contributed by atoms with Gasteiger partial charge in [-0.2, -0.15) is 0 Å². The molecule has 6 heteroatoms. The Kier molecular flexibility index (Phi) is 7.71. The first-order valence-electron chi connectivity index (χ1n) is 8.40. The normalized spacial score (nSPS) is 18.2. The van der Waals surface area contributed by atoms with Crippen molar-refractivity contribution in [2.24, 2.45) is 0 Å². The minimum Gasteiger partial charge on any atom is -0.481 e. The largest absolute Gasteiger partial charge is 0.481 e. The topological polar surface area (TPSA) is 84.9 Å². The van der Waals surface area contributed by atoms with Gasteiger partial charge in [0.15, 0.2) is 0 Å². The summed E-state index contributed by atoms with van der Waals surface area (Å²) in [5, 5.41) is 11.8. The average molecular weight is 335 g/mol. The zero-order valence-electron chi connectivity index (χ0n) is 13.8. The van der Waals surface area contributed by atoms with E-state index in [0.29, 0.717) is 19.6 Å². The lowest BCUT2D eigenvalue weighted by atomic mass is 10.0. The maximum Gasteiger partial charge on any atom is 0.303 e. The van der Waals surface area contributed by atoms with Gasteiger partial charge in [0.05, 0.1) is 25.4 Å². The highest BCUT2D eigenvalue weighted by Gasteiger charge is 2.17. The molecule has 0 spiro atoms. The fourth-order valence-corrected chi connectivity index (χ4v) is 2.70. The van der Waals surface area contributed by atoms with Crippen molar-refractivity contribution >= 4 is 11.9 Å². The number of carboxylic acid groups (broad SMARTS) is 1. The predicted octanol–water partition coefficient (Wildman–Crippen LogP) is 2.29. The van der Waals surface area contributed by atoms with Crippen LogP contribution in [0.1, 0.15) is 43.7 Å². The Morgan fingerprint density at radius 3 is 2.75 bits per heavy atom. The van der Waals surface area contributed by atoms with Crippen LogP contribution in [-0.4, -0.2) is 42.9 Å². The fraction of sp³-hybridized carbons (Fsp3) is 0.556. The van der Waals surface area contributed by atoms with Crippen LogP contribution in [0.4, 0.5) is 0 Å². The van der Waals surface area contributed by atoms with E-state index in [1.54, 1.807) is 0 Å². The first kappa shape index (κ1) is 18.4. The van der Waals surface area contributed by atoms with Gasteiger partial charge in [-0.15, -0.1) is 0 Å². The Balaban J connectivity index is 1.75. The number of aliphatic carboxylic acids is 1. The Morgan fingerprint density at radius 2 is 2.08 bits per heavy atom. The molecule has 0 radical (unpaired) electrons. The number of amides is 1. The molecule has 6 nitrogen and oxygen atoms in total. The van der Waals surface area contributed by atoms with Gasteiger partial charge in [0, 0.05) is 19.4 Å². The van der Waals surface area contributed by atoms with Crippen molar-refractivity contribution in [3.05, 3.63) is 35.9 Å². The molecule has 1 fully saturated rings. The molecular weight excluding hydrogens is 310 g/mol. The zero-order valence-corrected chi connectivity index (χ0v) is 13.8. The third-order valence-electron chi connectivity index (χ3n) is 3.99. The molecule has 24 heavy (non-hydrogen) atoms. The van der Waals surface area contributed by atoms with E-state index >= 15 is 0 Å². The van der Waals surface area contributed by atoms with Crippen LogP contribution in [0.15, 0.2) is 30.3 Å². The molecule has 1 aromatic carbocycles. The smallest absolute Gasteiger partial charge is 0.303 e. The number of ether oxygens (including phenoxy) is 2.